The van der Waals surface area contributed by atoms with E-state index in [4.69, 9.17) is 4.74 Å². The van der Waals surface area contributed by atoms with Gasteiger partial charge in [-0.05, 0) is 53.7 Å². The van der Waals surface area contributed by atoms with E-state index < -0.39 is 0 Å². The van der Waals surface area contributed by atoms with Crippen LogP contribution in [-0.2, 0) is 0 Å². The third kappa shape index (κ3) is 3.72. The van der Waals surface area contributed by atoms with Crippen molar-refractivity contribution >= 4 is 17.5 Å². The van der Waals surface area contributed by atoms with E-state index in [-0.39, 0.29) is 5.78 Å². The van der Waals surface area contributed by atoms with Crippen molar-refractivity contribution in [3.05, 3.63) is 66.1 Å². The van der Waals surface area contributed by atoms with E-state index >= 15 is 0 Å². The van der Waals surface area contributed by atoms with Crippen LogP contribution in [0.4, 0.5) is 5.69 Å². The zero-order chi connectivity index (χ0) is 17.6. The summed E-state index contributed by atoms with van der Waals surface area (Å²) in [6, 6.07) is 14.7. The molecule has 7 nitrogen and oxygen atoms in total. The van der Waals surface area contributed by atoms with E-state index in [0.717, 1.165) is 17.1 Å². The van der Waals surface area contributed by atoms with Crippen molar-refractivity contribution in [3.63, 3.8) is 0 Å². The lowest BCUT2D eigenvalue weighted by molar-refractivity contribution is 0.101. The highest BCUT2D eigenvalue weighted by molar-refractivity contribution is 5.99. The van der Waals surface area contributed by atoms with Gasteiger partial charge < -0.3 is 10.1 Å². The van der Waals surface area contributed by atoms with Crippen molar-refractivity contribution in [2.24, 2.45) is 0 Å². The number of nitrogens with one attached hydrogen (secondary N) is 1. The maximum absolute atomic E-state index is 11.6. The van der Waals surface area contributed by atoms with Gasteiger partial charge in [0.1, 0.15) is 5.75 Å². The standard InChI is InChI=1S/C18H17N5O2/c1-13(24)16-5-3-4-6-17(16)19-12-11-18-20-21-22-23(18)14-7-9-15(25-2)10-8-14/h3-12,19H,1-2H3/b12-11-. The van der Waals surface area contributed by atoms with Gasteiger partial charge in [0.2, 0.25) is 0 Å². The number of ether oxygens (including phenoxy) is 1. The summed E-state index contributed by atoms with van der Waals surface area (Å²) in [4.78, 5) is 11.6. The molecule has 0 saturated heterocycles. The Balaban J connectivity index is 1.79. The maximum Gasteiger partial charge on any atom is 0.181 e. The molecule has 0 bridgehead atoms. The first kappa shape index (κ1) is 16.4. The van der Waals surface area contributed by atoms with E-state index in [9.17, 15) is 4.79 Å². The number of methoxy groups -OCH3 is 1. The summed E-state index contributed by atoms with van der Waals surface area (Å²) in [7, 11) is 1.62. The van der Waals surface area contributed by atoms with Crippen LogP contribution in [0.15, 0.2) is 54.7 Å². The largest absolute Gasteiger partial charge is 0.497 e. The molecule has 25 heavy (non-hydrogen) atoms. The molecule has 0 spiro atoms. The van der Waals surface area contributed by atoms with Crippen LogP contribution >= 0.6 is 0 Å². The van der Waals surface area contributed by atoms with E-state index in [1.807, 2.05) is 42.5 Å². The Morgan fingerprint density at radius 2 is 1.92 bits per heavy atom. The molecule has 0 unspecified atom stereocenters. The van der Waals surface area contributed by atoms with Crippen LogP contribution in [0, 0.1) is 0 Å². The number of rotatable bonds is 6. The van der Waals surface area contributed by atoms with Crippen molar-refractivity contribution in [1.29, 1.82) is 0 Å². The highest BCUT2D eigenvalue weighted by Gasteiger charge is 2.07. The molecule has 2 aromatic carbocycles. The highest BCUT2D eigenvalue weighted by atomic mass is 16.5. The quantitative estimate of drug-likeness (QED) is 0.698. The molecule has 0 aliphatic carbocycles. The molecule has 7 heteroatoms. The minimum atomic E-state index is -0.000402. The topological polar surface area (TPSA) is 81.9 Å². The molecule has 0 aliphatic rings. The fourth-order valence-corrected chi connectivity index (χ4v) is 2.33. The Morgan fingerprint density at radius 1 is 1.16 bits per heavy atom. The number of hydrogen-bond acceptors (Lipinski definition) is 6. The van der Waals surface area contributed by atoms with Gasteiger partial charge in [-0.1, -0.05) is 12.1 Å². The van der Waals surface area contributed by atoms with Crippen LogP contribution in [0.5, 0.6) is 5.75 Å². The summed E-state index contributed by atoms with van der Waals surface area (Å²) in [5.41, 5.74) is 2.17. The van der Waals surface area contributed by atoms with Gasteiger partial charge in [-0.15, -0.1) is 5.10 Å². The first-order valence-corrected chi connectivity index (χ1v) is 7.65. The van der Waals surface area contributed by atoms with Crippen LogP contribution in [0.2, 0.25) is 0 Å². The number of hydrogen-bond donors (Lipinski definition) is 1. The summed E-state index contributed by atoms with van der Waals surface area (Å²) < 4.78 is 6.75. The number of ketones is 1. The molecule has 1 N–H and O–H groups in total. The smallest absolute Gasteiger partial charge is 0.181 e. The fraction of sp³-hybridized carbons (Fsp3) is 0.111. The molecule has 0 amide bonds. The van der Waals surface area contributed by atoms with Gasteiger partial charge in [0.05, 0.1) is 12.8 Å². The number of nitrogens with zero attached hydrogens (tertiary/aromatic N) is 4. The van der Waals surface area contributed by atoms with Gasteiger partial charge >= 0.3 is 0 Å². The fourth-order valence-electron chi connectivity index (χ4n) is 2.33. The number of carbonyl (C=O) groups is 1. The number of tetrazole rings is 1. The minimum absolute atomic E-state index is 0.000402. The van der Waals surface area contributed by atoms with Crippen molar-refractivity contribution in [2.75, 3.05) is 12.4 Å². The van der Waals surface area contributed by atoms with Gasteiger partial charge in [0.15, 0.2) is 11.6 Å². The van der Waals surface area contributed by atoms with Gasteiger partial charge in [-0.3, -0.25) is 4.79 Å². The molecule has 3 rings (SSSR count). The highest BCUT2D eigenvalue weighted by Crippen LogP contribution is 2.17. The average molecular weight is 335 g/mol. The van der Waals surface area contributed by atoms with E-state index in [2.05, 4.69) is 20.8 Å². The predicted octanol–water partition coefficient (Wildman–Crippen LogP) is 2.96. The van der Waals surface area contributed by atoms with Crippen molar-refractivity contribution in [2.45, 2.75) is 6.92 Å². The van der Waals surface area contributed by atoms with Crippen molar-refractivity contribution in [3.8, 4) is 11.4 Å². The second kappa shape index (κ2) is 7.39. The Hall–Kier alpha value is -3.48. The molecule has 1 aromatic heterocycles. The molecule has 3 aromatic rings. The number of benzene rings is 2. The molecule has 0 aliphatic heterocycles. The van der Waals surface area contributed by atoms with E-state index in [1.165, 1.54) is 6.92 Å². The number of para-hydroxylation sites is 1. The lowest BCUT2D eigenvalue weighted by atomic mass is 10.1. The van der Waals surface area contributed by atoms with Gasteiger partial charge in [-0.2, -0.15) is 4.68 Å². The summed E-state index contributed by atoms with van der Waals surface area (Å²) in [6.07, 6.45) is 3.44. The monoisotopic (exact) mass is 335 g/mol. The molecule has 0 radical (unpaired) electrons. The van der Waals surface area contributed by atoms with Gasteiger partial charge in [0.25, 0.3) is 0 Å². The Morgan fingerprint density at radius 3 is 2.64 bits per heavy atom. The second-order valence-electron chi connectivity index (χ2n) is 5.23. The third-order valence-electron chi connectivity index (χ3n) is 3.59. The summed E-state index contributed by atoms with van der Waals surface area (Å²) in [6.45, 7) is 1.54. The average Bonchev–Trinajstić information content (AvgIpc) is 3.10. The van der Waals surface area contributed by atoms with Crippen molar-refractivity contribution < 1.29 is 9.53 Å². The van der Waals surface area contributed by atoms with Crippen LogP contribution in [-0.4, -0.2) is 33.1 Å². The predicted molar refractivity (Wildman–Crippen MR) is 94.8 cm³/mol. The molecule has 0 fully saturated rings. The van der Waals surface area contributed by atoms with E-state index in [0.29, 0.717) is 11.4 Å². The second-order valence-corrected chi connectivity index (χ2v) is 5.23. The number of anilines is 1. The Bertz CT molecular complexity index is 900. The molecule has 126 valence electrons. The zero-order valence-electron chi connectivity index (χ0n) is 13.9. The summed E-state index contributed by atoms with van der Waals surface area (Å²) in [5, 5.41) is 14.8. The molecule has 1 heterocycles. The Kier molecular flexibility index (Phi) is 4.84. The number of carbonyl (C=O) groups excluding carboxylic acids is 1. The Labute approximate surface area is 144 Å². The zero-order valence-corrected chi connectivity index (χ0v) is 13.9. The van der Waals surface area contributed by atoms with Gasteiger partial charge in [0, 0.05) is 23.5 Å². The first-order valence-electron chi connectivity index (χ1n) is 7.65. The normalized spacial score (nSPS) is 10.8. The van der Waals surface area contributed by atoms with Crippen LogP contribution in [0.3, 0.4) is 0 Å². The maximum atomic E-state index is 11.6. The van der Waals surface area contributed by atoms with E-state index in [1.54, 1.807) is 30.1 Å². The van der Waals surface area contributed by atoms with Crippen LogP contribution < -0.4 is 10.1 Å². The first-order chi connectivity index (χ1) is 12.2. The number of aromatic nitrogens is 4. The number of Topliss-reactive ketones (excluding diaryl/α,β-unsaturated/α-hetero) is 1. The molecular formula is C18H17N5O2. The van der Waals surface area contributed by atoms with Crippen LogP contribution in [0.25, 0.3) is 11.8 Å². The molecule has 0 atom stereocenters. The SMILES string of the molecule is COc1ccc(-n2nnnc2/C=C\Nc2ccccc2C(C)=O)cc1. The molecular weight excluding hydrogens is 318 g/mol. The van der Waals surface area contributed by atoms with Crippen molar-refractivity contribution in [1.82, 2.24) is 20.2 Å². The third-order valence-corrected chi connectivity index (χ3v) is 3.59. The lowest BCUT2D eigenvalue weighted by Crippen LogP contribution is -2.01. The van der Waals surface area contributed by atoms with Crippen LogP contribution in [0.1, 0.15) is 23.1 Å². The minimum Gasteiger partial charge on any atom is -0.497 e. The summed E-state index contributed by atoms with van der Waals surface area (Å²) in [5.74, 6) is 1.31. The van der Waals surface area contributed by atoms with Gasteiger partial charge in [-0.25, -0.2) is 0 Å². The lowest BCUT2D eigenvalue weighted by Gasteiger charge is -2.06. The summed E-state index contributed by atoms with van der Waals surface area (Å²) >= 11 is 0. The molecule has 0 saturated carbocycles.